The van der Waals surface area contributed by atoms with Crippen molar-refractivity contribution in [3.05, 3.63) is 0 Å². The third-order valence-corrected chi connectivity index (χ3v) is 3.27. The molecular formula is C12H23N3O2. The van der Waals surface area contributed by atoms with Crippen LogP contribution in [0.15, 0.2) is 0 Å². The minimum Gasteiger partial charge on any atom is -0.352 e. The molecule has 0 radical (unpaired) electrons. The van der Waals surface area contributed by atoms with Gasteiger partial charge in [0.15, 0.2) is 0 Å². The molecule has 0 bridgehead atoms. The average Bonchev–Trinajstić information content (AvgIpc) is 2.30. The van der Waals surface area contributed by atoms with Crippen LogP contribution < -0.4 is 11.1 Å². The summed E-state index contributed by atoms with van der Waals surface area (Å²) in [6.07, 6.45) is 2.66. The SMILES string of the molecule is CCC(CN)C(=O)N1CCCC(NC(C)=O)C1. The monoisotopic (exact) mass is 241 g/mol. The van der Waals surface area contributed by atoms with Crippen LogP contribution in [-0.4, -0.2) is 42.4 Å². The van der Waals surface area contributed by atoms with Gasteiger partial charge < -0.3 is 16.0 Å². The Morgan fingerprint density at radius 3 is 2.76 bits per heavy atom. The van der Waals surface area contributed by atoms with Crippen molar-refractivity contribution in [2.24, 2.45) is 11.7 Å². The lowest BCUT2D eigenvalue weighted by Crippen LogP contribution is -2.51. The summed E-state index contributed by atoms with van der Waals surface area (Å²) < 4.78 is 0. The zero-order valence-electron chi connectivity index (χ0n) is 10.7. The van der Waals surface area contributed by atoms with Crippen molar-refractivity contribution >= 4 is 11.8 Å². The molecule has 2 atom stereocenters. The first-order valence-corrected chi connectivity index (χ1v) is 6.34. The van der Waals surface area contributed by atoms with Gasteiger partial charge in [0, 0.05) is 32.6 Å². The summed E-state index contributed by atoms with van der Waals surface area (Å²) in [5.41, 5.74) is 5.59. The molecule has 98 valence electrons. The number of nitrogens with one attached hydrogen (secondary N) is 1. The molecule has 17 heavy (non-hydrogen) atoms. The predicted octanol–water partition coefficient (Wildman–Crippen LogP) is 0.0984. The molecule has 0 saturated carbocycles. The van der Waals surface area contributed by atoms with E-state index in [9.17, 15) is 9.59 Å². The molecule has 0 aromatic carbocycles. The maximum Gasteiger partial charge on any atom is 0.227 e. The topological polar surface area (TPSA) is 75.4 Å². The van der Waals surface area contributed by atoms with Gasteiger partial charge in [0.25, 0.3) is 0 Å². The van der Waals surface area contributed by atoms with Gasteiger partial charge in [-0.05, 0) is 19.3 Å². The van der Waals surface area contributed by atoms with Crippen molar-refractivity contribution in [3.8, 4) is 0 Å². The van der Waals surface area contributed by atoms with Gasteiger partial charge in [-0.25, -0.2) is 0 Å². The van der Waals surface area contributed by atoms with Crippen LogP contribution in [0.1, 0.15) is 33.1 Å². The third kappa shape index (κ3) is 4.00. The van der Waals surface area contributed by atoms with E-state index in [4.69, 9.17) is 5.73 Å². The van der Waals surface area contributed by atoms with Crippen molar-refractivity contribution in [1.29, 1.82) is 0 Å². The number of carbonyl (C=O) groups excluding carboxylic acids is 2. The van der Waals surface area contributed by atoms with Crippen LogP contribution in [0.5, 0.6) is 0 Å². The van der Waals surface area contributed by atoms with E-state index in [0.29, 0.717) is 13.1 Å². The fraction of sp³-hybridized carbons (Fsp3) is 0.833. The van der Waals surface area contributed by atoms with Crippen LogP contribution >= 0.6 is 0 Å². The quantitative estimate of drug-likeness (QED) is 0.733. The highest BCUT2D eigenvalue weighted by Crippen LogP contribution is 2.14. The predicted molar refractivity (Wildman–Crippen MR) is 66.3 cm³/mol. The summed E-state index contributed by atoms with van der Waals surface area (Å²) in [4.78, 5) is 25.0. The number of hydrogen-bond acceptors (Lipinski definition) is 3. The van der Waals surface area contributed by atoms with Crippen molar-refractivity contribution in [1.82, 2.24) is 10.2 Å². The zero-order valence-corrected chi connectivity index (χ0v) is 10.7. The highest BCUT2D eigenvalue weighted by molar-refractivity contribution is 5.79. The van der Waals surface area contributed by atoms with E-state index in [0.717, 1.165) is 25.8 Å². The van der Waals surface area contributed by atoms with E-state index in [2.05, 4.69) is 5.32 Å². The number of amides is 2. The first-order chi connectivity index (χ1) is 8.08. The molecule has 2 unspecified atom stereocenters. The Balaban J connectivity index is 2.53. The summed E-state index contributed by atoms with van der Waals surface area (Å²) in [7, 11) is 0. The normalized spacial score (nSPS) is 22.1. The molecule has 5 heteroatoms. The van der Waals surface area contributed by atoms with Gasteiger partial charge in [-0.3, -0.25) is 9.59 Å². The van der Waals surface area contributed by atoms with Gasteiger partial charge in [0.1, 0.15) is 0 Å². The number of nitrogens with zero attached hydrogens (tertiary/aromatic N) is 1. The largest absolute Gasteiger partial charge is 0.352 e. The van der Waals surface area contributed by atoms with Gasteiger partial charge in [-0.15, -0.1) is 0 Å². The van der Waals surface area contributed by atoms with E-state index in [1.54, 1.807) is 0 Å². The Kier molecular flexibility index (Phi) is 5.41. The van der Waals surface area contributed by atoms with Crippen molar-refractivity contribution in [2.75, 3.05) is 19.6 Å². The molecule has 1 rings (SSSR count). The van der Waals surface area contributed by atoms with Crippen molar-refractivity contribution < 1.29 is 9.59 Å². The minimum atomic E-state index is -0.0777. The van der Waals surface area contributed by atoms with Crippen LogP contribution in [0.3, 0.4) is 0 Å². The van der Waals surface area contributed by atoms with E-state index in [1.807, 2.05) is 11.8 Å². The zero-order chi connectivity index (χ0) is 12.8. The highest BCUT2D eigenvalue weighted by atomic mass is 16.2. The molecule has 0 aromatic rings. The maximum atomic E-state index is 12.1. The molecule has 1 aliphatic heterocycles. The lowest BCUT2D eigenvalue weighted by Gasteiger charge is -2.34. The Hall–Kier alpha value is -1.10. The number of likely N-dealkylation sites (tertiary alicyclic amines) is 1. The summed E-state index contributed by atoms with van der Waals surface area (Å²) >= 11 is 0. The second-order valence-electron chi connectivity index (χ2n) is 4.66. The van der Waals surface area contributed by atoms with Gasteiger partial charge in [-0.1, -0.05) is 6.92 Å². The standard InChI is InChI=1S/C12H23N3O2/c1-3-10(7-13)12(17)15-6-4-5-11(8-15)14-9(2)16/h10-11H,3-8,13H2,1-2H3,(H,14,16). The molecule has 1 saturated heterocycles. The van der Waals surface area contributed by atoms with Gasteiger partial charge >= 0.3 is 0 Å². The third-order valence-electron chi connectivity index (χ3n) is 3.27. The number of hydrogen-bond donors (Lipinski definition) is 2. The lowest BCUT2D eigenvalue weighted by molar-refractivity contribution is -0.137. The molecule has 3 N–H and O–H groups in total. The minimum absolute atomic E-state index is 0.0323. The molecule has 0 aromatic heterocycles. The Morgan fingerprint density at radius 2 is 2.24 bits per heavy atom. The van der Waals surface area contributed by atoms with Crippen LogP contribution in [-0.2, 0) is 9.59 Å². The average molecular weight is 241 g/mol. The summed E-state index contributed by atoms with van der Waals surface area (Å²) in [5, 5.41) is 2.88. The molecule has 5 nitrogen and oxygen atoms in total. The van der Waals surface area contributed by atoms with Gasteiger partial charge in [0.05, 0.1) is 5.92 Å². The molecule has 1 heterocycles. The van der Waals surface area contributed by atoms with E-state index >= 15 is 0 Å². The smallest absolute Gasteiger partial charge is 0.227 e. The Bertz CT molecular complexity index is 277. The Labute approximate surface area is 103 Å². The number of carbonyl (C=O) groups is 2. The number of piperidine rings is 1. The van der Waals surface area contributed by atoms with Gasteiger partial charge in [-0.2, -0.15) is 0 Å². The summed E-state index contributed by atoms with van der Waals surface area (Å²) in [5.74, 6) is 0.0197. The summed E-state index contributed by atoms with van der Waals surface area (Å²) in [6, 6.07) is 0.0977. The van der Waals surface area contributed by atoms with Crippen LogP contribution in [0.4, 0.5) is 0 Å². The highest BCUT2D eigenvalue weighted by Gasteiger charge is 2.27. The van der Waals surface area contributed by atoms with Crippen LogP contribution in [0.25, 0.3) is 0 Å². The first kappa shape index (κ1) is 14.0. The van der Waals surface area contributed by atoms with Gasteiger partial charge in [0.2, 0.25) is 11.8 Å². The molecular weight excluding hydrogens is 218 g/mol. The van der Waals surface area contributed by atoms with Crippen LogP contribution in [0, 0.1) is 5.92 Å². The molecule has 2 amide bonds. The number of rotatable bonds is 4. The fourth-order valence-corrected chi connectivity index (χ4v) is 2.28. The van der Waals surface area contributed by atoms with Crippen LogP contribution in [0.2, 0.25) is 0 Å². The second kappa shape index (κ2) is 6.59. The number of nitrogens with two attached hydrogens (primary N) is 1. The maximum absolute atomic E-state index is 12.1. The van der Waals surface area contributed by atoms with E-state index in [1.165, 1.54) is 6.92 Å². The Morgan fingerprint density at radius 1 is 1.53 bits per heavy atom. The second-order valence-corrected chi connectivity index (χ2v) is 4.66. The van der Waals surface area contributed by atoms with Crippen molar-refractivity contribution in [2.45, 2.75) is 39.2 Å². The first-order valence-electron chi connectivity index (χ1n) is 6.34. The molecule has 0 spiro atoms. The van der Waals surface area contributed by atoms with Crippen molar-refractivity contribution in [3.63, 3.8) is 0 Å². The summed E-state index contributed by atoms with van der Waals surface area (Å²) in [6.45, 7) is 5.29. The molecule has 0 aliphatic carbocycles. The fourth-order valence-electron chi connectivity index (χ4n) is 2.28. The molecule has 1 aliphatic rings. The molecule has 1 fully saturated rings. The lowest BCUT2D eigenvalue weighted by atomic mass is 10.0. The van der Waals surface area contributed by atoms with E-state index in [-0.39, 0.29) is 23.8 Å². The van der Waals surface area contributed by atoms with E-state index < -0.39 is 0 Å².